The van der Waals surface area contributed by atoms with Gasteiger partial charge in [0.1, 0.15) is 0 Å². The molecule has 0 aromatic carbocycles. The summed E-state index contributed by atoms with van der Waals surface area (Å²) in [6.45, 7) is 7.88. The van der Waals surface area contributed by atoms with Crippen molar-refractivity contribution in [1.82, 2.24) is 0 Å². The zero-order valence-electron chi connectivity index (χ0n) is 14.5. The van der Waals surface area contributed by atoms with Gasteiger partial charge in [-0.1, -0.05) is 0 Å². The van der Waals surface area contributed by atoms with Gasteiger partial charge < -0.3 is 53.2 Å². The number of hydrogen-bond acceptors (Lipinski definition) is 4. The molecule has 0 saturated carbocycles. The molecule has 1 fully saturated rings. The SMILES string of the molecule is CC(O)CP(C)(=O)CC(C)O.CC1CO1.[AlH3].[CH3-].[Cl-].[Cl-].[H-].[Li+].[Mg+2]. The van der Waals surface area contributed by atoms with E-state index in [9.17, 15) is 4.57 Å². The van der Waals surface area contributed by atoms with Crippen LogP contribution in [0.2, 0.25) is 0 Å². The number of halogens is 2. The van der Waals surface area contributed by atoms with Crippen molar-refractivity contribution < 1.29 is 64.6 Å². The van der Waals surface area contributed by atoms with E-state index in [2.05, 4.69) is 6.92 Å². The molecule has 0 radical (unpaired) electrons. The maximum atomic E-state index is 11.5. The first-order valence-corrected chi connectivity index (χ1v) is 7.78. The van der Waals surface area contributed by atoms with E-state index in [-0.39, 0.29) is 92.9 Å². The van der Waals surface area contributed by atoms with Gasteiger partial charge in [-0.3, -0.25) is 0 Å². The van der Waals surface area contributed by atoms with E-state index in [4.69, 9.17) is 14.9 Å². The summed E-state index contributed by atoms with van der Waals surface area (Å²) in [4.78, 5) is 0. The summed E-state index contributed by atoms with van der Waals surface area (Å²) < 4.78 is 16.2. The Kier molecular flexibility index (Phi) is 47.0. The van der Waals surface area contributed by atoms with Crippen LogP contribution in [0, 0.1) is 7.43 Å². The minimum atomic E-state index is -2.30. The van der Waals surface area contributed by atoms with E-state index in [1.165, 1.54) is 0 Å². The van der Waals surface area contributed by atoms with Crippen LogP contribution >= 0.6 is 7.14 Å². The fraction of sp³-hybridized carbons (Fsp3) is 0.909. The Hall–Kier alpha value is 2.59. The van der Waals surface area contributed by atoms with Crippen LogP contribution in [0.1, 0.15) is 22.2 Å². The van der Waals surface area contributed by atoms with Gasteiger partial charge in [-0.25, -0.2) is 0 Å². The zero-order valence-corrected chi connectivity index (χ0v) is 17.3. The van der Waals surface area contributed by atoms with Crippen LogP contribution in [0.4, 0.5) is 0 Å². The van der Waals surface area contributed by atoms with Crippen LogP contribution in [0.5, 0.6) is 0 Å². The molecule has 4 nitrogen and oxygen atoms in total. The topological polar surface area (TPSA) is 70.1 Å². The minimum absolute atomic E-state index is 0. The first-order chi connectivity index (χ1) is 6.73. The van der Waals surface area contributed by atoms with Crippen LogP contribution < -0.4 is 43.7 Å². The van der Waals surface area contributed by atoms with Crippen LogP contribution in [-0.4, -0.2) is 94.5 Å². The van der Waals surface area contributed by atoms with E-state index < -0.39 is 19.3 Å². The normalized spacial score (nSPS) is 19.2. The third kappa shape index (κ3) is 39.4. The van der Waals surface area contributed by atoms with Gasteiger partial charge in [0.05, 0.1) is 32.1 Å². The first kappa shape index (κ1) is 43.7. The Balaban J connectivity index is -0.0000000264. The van der Waals surface area contributed by atoms with E-state index in [0.29, 0.717) is 18.4 Å². The van der Waals surface area contributed by atoms with Crippen molar-refractivity contribution in [2.45, 2.75) is 39.1 Å². The van der Waals surface area contributed by atoms with Crippen molar-refractivity contribution in [1.29, 1.82) is 0 Å². The van der Waals surface area contributed by atoms with Crippen LogP contribution in [0.3, 0.4) is 0 Å². The summed E-state index contributed by atoms with van der Waals surface area (Å²) in [7, 11) is -2.30. The number of rotatable bonds is 4. The minimum Gasteiger partial charge on any atom is -1.00 e. The summed E-state index contributed by atoms with van der Waals surface area (Å²) in [5, 5.41) is 17.9. The molecule has 0 bridgehead atoms. The maximum absolute atomic E-state index is 11.5. The Bertz CT molecular complexity index is 230. The third-order valence-electron chi connectivity index (χ3n) is 1.80. The molecule has 1 rings (SSSR count). The summed E-state index contributed by atoms with van der Waals surface area (Å²) in [6.07, 6.45) is 0.115. The third-order valence-corrected chi connectivity index (χ3v) is 4.40. The molecule has 10 heteroatoms. The summed E-state index contributed by atoms with van der Waals surface area (Å²) in [6, 6.07) is 0. The largest absolute Gasteiger partial charge is 2.00 e. The fourth-order valence-electron chi connectivity index (χ4n) is 1.29. The first-order valence-electron chi connectivity index (χ1n) is 5.26. The number of epoxide rings is 1. The van der Waals surface area contributed by atoms with Gasteiger partial charge in [0.15, 0.2) is 17.4 Å². The van der Waals surface area contributed by atoms with E-state index in [0.717, 1.165) is 6.61 Å². The average molecular weight is 386 g/mol. The molecule has 1 saturated heterocycles. The molecule has 1 heterocycles. The maximum Gasteiger partial charge on any atom is 2.00 e. The summed E-state index contributed by atoms with van der Waals surface area (Å²) >= 11 is 0. The Labute approximate surface area is 183 Å². The zero-order chi connectivity index (χ0) is 12.1. The van der Waals surface area contributed by atoms with Crippen LogP contribution in [0.15, 0.2) is 0 Å². The molecule has 0 aliphatic carbocycles. The number of aliphatic hydroxyl groups excluding tert-OH is 2. The predicted molar refractivity (Wildman–Crippen MR) is 85.3 cm³/mol. The van der Waals surface area contributed by atoms with Crippen molar-refractivity contribution in [3.8, 4) is 0 Å². The van der Waals surface area contributed by atoms with Crippen molar-refractivity contribution in [2.24, 2.45) is 0 Å². The molecule has 3 atom stereocenters. The van der Waals surface area contributed by atoms with Crippen LogP contribution in [0.25, 0.3) is 0 Å². The fourth-order valence-corrected chi connectivity index (χ4v) is 3.67. The van der Waals surface area contributed by atoms with Crippen molar-refractivity contribution in [3.05, 3.63) is 7.43 Å². The van der Waals surface area contributed by atoms with Gasteiger partial charge in [-0.05, 0) is 27.4 Å². The molecule has 2 N–H and O–H groups in total. The van der Waals surface area contributed by atoms with E-state index >= 15 is 0 Å². The van der Waals surface area contributed by atoms with Crippen LogP contribution in [-0.2, 0) is 9.30 Å². The molecular formula is C11H30AlCl2LiMgO4P-. The van der Waals surface area contributed by atoms with Gasteiger partial charge in [-0.2, -0.15) is 0 Å². The molecule has 1 aliphatic heterocycles. The molecule has 124 valence electrons. The standard InChI is InChI=1S/C7H17O3P.C3H6O.CH3.Al.2ClH.Li.Mg.4H/c1-6(8)4-11(3,10)5-7(2)9;1-3-2-4-3;;;;;;;;;;/h6-9H,4-5H2,1-3H3;3H,2H2,1H3;1H3;;2*1H;;;;;;/q;;-1;;;;+1;+2;;;;-1/p-2. The molecule has 21 heavy (non-hydrogen) atoms. The van der Waals surface area contributed by atoms with E-state index in [1.54, 1.807) is 20.5 Å². The van der Waals surface area contributed by atoms with E-state index in [1.807, 2.05) is 0 Å². The van der Waals surface area contributed by atoms with Crippen molar-refractivity contribution in [2.75, 3.05) is 25.6 Å². The van der Waals surface area contributed by atoms with Gasteiger partial charge in [0.2, 0.25) is 0 Å². The second kappa shape index (κ2) is 22.6. The molecule has 3 unspecified atom stereocenters. The monoisotopic (exact) mass is 385 g/mol. The van der Waals surface area contributed by atoms with Crippen molar-refractivity contribution >= 4 is 47.6 Å². The molecule has 0 spiro atoms. The van der Waals surface area contributed by atoms with Gasteiger partial charge >= 0.3 is 41.9 Å². The predicted octanol–water partition coefficient (Wildman–Crippen LogP) is -8.84. The van der Waals surface area contributed by atoms with Gasteiger partial charge in [0, 0.05) is 12.3 Å². The second-order valence-electron chi connectivity index (χ2n) is 4.50. The average Bonchev–Trinajstić information content (AvgIpc) is 2.65. The quantitative estimate of drug-likeness (QED) is 0.218. The Morgan fingerprint density at radius 2 is 1.43 bits per heavy atom. The number of hydrogen-bond donors (Lipinski definition) is 2. The molecule has 0 aromatic heterocycles. The molecule has 1 aliphatic rings. The number of aliphatic hydroxyl groups is 2. The van der Waals surface area contributed by atoms with Crippen molar-refractivity contribution in [3.63, 3.8) is 0 Å². The molecule has 0 aromatic rings. The molecule has 0 amide bonds. The smallest absolute Gasteiger partial charge is 1.00 e. The summed E-state index contributed by atoms with van der Waals surface area (Å²) in [5.41, 5.74) is 0. The summed E-state index contributed by atoms with van der Waals surface area (Å²) in [5.74, 6) is 0. The van der Waals surface area contributed by atoms with Gasteiger partial charge in [-0.15, -0.1) is 0 Å². The number of ether oxygens (including phenoxy) is 1. The molecular weight excluding hydrogens is 356 g/mol. The Morgan fingerprint density at radius 1 is 1.24 bits per heavy atom. The Morgan fingerprint density at radius 3 is 1.52 bits per heavy atom. The second-order valence-corrected chi connectivity index (χ2v) is 7.83. The van der Waals surface area contributed by atoms with Gasteiger partial charge in [0.25, 0.3) is 0 Å².